The Morgan fingerprint density at radius 1 is 0.921 bits per heavy atom. The fourth-order valence-corrected chi connectivity index (χ4v) is 11.0. The van der Waals surface area contributed by atoms with Crippen LogP contribution in [-0.4, -0.2) is 105 Å². The topological polar surface area (TPSA) is 187 Å². The van der Waals surface area contributed by atoms with E-state index in [1.807, 2.05) is 26.0 Å². The molecule has 4 fully saturated rings. The van der Waals surface area contributed by atoms with Crippen LogP contribution in [0.4, 0.5) is 5.82 Å². The molecule has 5 aliphatic rings. The van der Waals surface area contributed by atoms with Gasteiger partial charge in [0.25, 0.3) is 17.7 Å². The van der Waals surface area contributed by atoms with Gasteiger partial charge in [-0.3, -0.25) is 39.1 Å². The third-order valence-electron chi connectivity index (χ3n) is 14.2. The monoisotopic (exact) mass is 858 g/mol. The molecule has 2 N–H and O–H groups in total. The van der Waals surface area contributed by atoms with Gasteiger partial charge < -0.3 is 19.7 Å². The van der Waals surface area contributed by atoms with Gasteiger partial charge >= 0.3 is 0 Å². The summed E-state index contributed by atoms with van der Waals surface area (Å²) in [5, 5.41) is 14.9. The maximum Gasteiger partial charge on any atom is 0.271 e. The summed E-state index contributed by atoms with van der Waals surface area (Å²) < 4.78 is 12.8. The van der Waals surface area contributed by atoms with Gasteiger partial charge in [0.2, 0.25) is 11.8 Å². The van der Waals surface area contributed by atoms with Gasteiger partial charge in [-0.05, 0) is 94.3 Å². The van der Waals surface area contributed by atoms with Crippen molar-refractivity contribution < 1.29 is 33.4 Å². The molecule has 332 valence electrons. The fraction of sp³-hybridized carbons (Fsp3) is 0.542. The first-order chi connectivity index (χ1) is 29.9. The van der Waals surface area contributed by atoms with Crippen molar-refractivity contribution in [2.45, 2.75) is 130 Å². The highest BCUT2D eigenvalue weighted by atomic mass is 16.5. The van der Waals surface area contributed by atoms with E-state index in [0.29, 0.717) is 29.3 Å². The molecule has 3 aliphatic heterocycles. The second kappa shape index (κ2) is 16.7. The number of amides is 5. The summed E-state index contributed by atoms with van der Waals surface area (Å²) in [5.74, 6) is 0.129. The van der Waals surface area contributed by atoms with Crippen molar-refractivity contribution in [3.05, 3.63) is 76.2 Å². The molecule has 3 aromatic rings. The molecular formula is C48H58N8O7. The highest BCUT2D eigenvalue weighted by Crippen LogP contribution is 2.55. The second-order valence-electron chi connectivity index (χ2n) is 19.6. The SMILES string of the molecule is Cc1cc(OC2C(C)(C)C(NC(=O)c3cnc(N4CCC(CN(C(C)C)C5CC(Oc6ccc7c(c6)C(=O)N([C@@H]6CCC(=O)NC6=O)C7=O)C5)CC4)cn3)C2(C)C)cc(C)c1C#N. The average molecular weight is 859 g/mol. The zero-order valence-electron chi connectivity index (χ0n) is 37.5. The summed E-state index contributed by atoms with van der Waals surface area (Å²) in [4.78, 5) is 79.0. The van der Waals surface area contributed by atoms with E-state index in [0.717, 1.165) is 72.9 Å². The number of benzene rings is 2. The number of carbonyl (C=O) groups is 5. The zero-order valence-corrected chi connectivity index (χ0v) is 37.5. The molecular weight excluding hydrogens is 801 g/mol. The molecule has 1 atom stereocenters. The number of aromatic nitrogens is 2. The van der Waals surface area contributed by atoms with Gasteiger partial charge in [0.1, 0.15) is 41.3 Å². The first-order valence-electron chi connectivity index (χ1n) is 22.2. The Hall–Kier alpha value is -5.88. The lowest BCUT2D eigenvalue weighted by atomic mass is 9.49. The molecule has 15 heteroatoms. The minimum Gasteiger partial charge on any atom is -0.490 e. The Morgan fingerprint density at radius 3 is 2.19 bits per heavy atom. The molecule has 8 rings (SSSR count). The second-order valence-corrected chi connectivity index (χ2v) is 19.6. The largest absolute Gasteiger partial charge is 0.490 e. The Bertz CT molecular complexity index is 2340. The van der Waals surface area contributed by atoms with Gasteiger partial charge in [-0.1, -0.05) is 27.7 Å². The standard InChI is InChI=1S/C48H58N8O7/c1-26(2)55(30-19-33(20-30)62-31-9-10-34-35(21-31)44(61)56(43(34)60)38-11-12-40(57)52-42(38)59)25-29-13-15-54(16-14-29)39-24-50-37(23-51-39)41(58)53-45-47(5,6)46(48(45,7)8)63-32-17-27(3)36(22-49)28(4)18-32/h9-10,17-18,21,23-24,26,29-30,33,38,45-46H,11-16,19-20,25H2,1-8H3,(H,53,58)(H,52,57,59)/t30?,33?,38-,45?,46?/m1/s1. The lowest BCUT2D eigenvalue weighted by Gasteiger charge is -2.63. The summed E-state index contributed by atoms with van der Waals surface area (Å²) in [6.45, 7) is 19.4. The third-order valence-corrected chi connectivity index (χ3v) is 14.2. The van der Waals surface area contributed by atoms with E-state index in [9.17, 15) is 29.2 Å². The Balaban J connectivity index is 0.797. The molecule has 0 unspecified atom stereocenters. The van der Waals surface area contributed by atoms with Gasteiger partial charge in [-0.2, -0.15) is 5.26 Å². The van der Waals surface area contributed by atoms with Gasteiger partial charge in [-0.25, -0.2) is 9.97 Å². The lowest BCUT2D eigenvalue weighted by Crippen LogP contribution is -2.74. The quantitative estimate of drug-likeness (QED) is 0.218. The zero-order chi connectivity index (χ0) is 45.1. The predicted molar refractivity (Wildman–Crippen MR) is 233 cm³/mol. The molecule has 0 bridgehead atoms. The molecule has 4 heterocycles. The van der Waals surface area contributed by atoms with Crippen molar-refractivity contribution in [1.82, 2.24) is 30.4 Å². The normalized spacial score (nSPS) is 25.3. The number of fused-ring (bicyclic) bond motifs is 1. The number of ether oxygens (including phenoxy) is 2. The maximum absolute atomic E-state index is 13.5. The van der Waals surface area contributed by atoms with Crippen molar-refractivity contribution >= 4 is 35.4 Å². The van der Waals surface area contributed by atoms with Crippen LogP contribution >= 0.6 is 0 Å². The molecule has 15 nitrogen and oxygen atoms in total. The first-order valence-corrected chi connectivity index (χ1v) is 22.2. The minimum atomic E-state index is -1.01. The summed E-state index contributed by atoms with van der Waals surface area (Å²) in [6.07, 6.45) is 6.97. The molecule has 5 amide bonds. The van der Waals surface area contributed by atoms with Crippen molar-refractivity contribution in [3.63, 3.8) is 0 Å². The number of nitrogens with zero attached hydrogens (tertiary/aromatic N) is 6. The molecule has 0 radical (unpaired) electrons. The number of rotatable bonds is 12. The van der Waals surface area contributed by atoms with E-state index >= 15 is 0 Å². The molecule has 2 saturated heterocycles. The third kappa shape index (κ3) is 8.14. The smallest absolute Gasteiger partial charge is 0.271 e. The highest BCUT2D eigenvalue weighted by Gasteiger charge is 2.64. The summed E-state index contributed by atoms with van der Waals surface area (Å²) >= 11 is 0. The van der Waals surface area contributed by atoms with Gasteiger partial charge in [0.05, 0.1) is 35.2 Å². The molecule has 2 aromatic carbocycles. The molecule has 1 aromatic heterocycles. The lowest BCUT2D eigenvalue weighted by molar-refractivity contribution is -0.164. The Morgan fingerprint density at radius 2 is 1.59 bits per heavy atom. The fourth-order valence-electron chi connectivity index (χ4n) is 11.0. The molecule has 2 aliphatic carbocycles. The molecule has 2 saturated carbocycles. The average Bonchev–Trinajstić information content (AvgIpc) is 3.47. The number of aryl methyl sites for hydroxylation is 2. The van der Waals surface area contributed by atoms with Crippen LogP contribution in [0.3, 0.4) is 0 Å². The van der Waals surface area contributed by atoms with Crippen LogP contribution in [0.5, 0.6) is 11.5 Å². The van der Waals surface area contributed by atoms with Crippen molar-refractivity contribution in [1.29, 1.82) is 5.26 Å². The molecule has 0 spiro atoms. The number of hydrogen-bond acceptors (Lipinski definition) is 12. The Kier molecular flexibility index (Phi) is 11.6. The maximum atomic E-state index is 13.5. The van der Waals surface area contributed by atoms with Gasteiger partial charge in [-0.15, -0.1) is 0 Å². The van der Waals surface area contributed by atoms with E-state index < -0.39 is 29.7 Å². The number of imide groups is 2. The van der Waals surface area contributed by atoms with E-state index in [-0.39, 0.29) is 64.6 Å². The van der Waals surface area contributed by atoms with Gasteiger partial charge in [0.15, 0.2) is 0 Å². The summed E-state index contributed by atoms with van der Waals surface area (Å²) in [6, 6.07) is 10.5. The predicted octanol–water partition coefficient (Wildman–Crippen LogP) is 5.52. The molecule has 63 heavy (non-hydrogen) atoms. The highest BCUT2D eigenvalue weighted by molar-refractivity contribution is 6.23. The summed E-state index contributed by atoms with van der Waals surface area (Å²) in [5.41, 5.74) is 2.41. The summed E-state index contributed by atoms with van der Waals surface area (Å²) in [7, 11) is 0. The number of carbonyl (C=O) groups excluding carboxylic acids is 5. The number of hydrogen-bond donors (Lipinski definition) is 2. The number of nitrogens with one attached hydrogen (secondary N) is 2. The van der Waals surface area contributed by atoms with E-state index in [1.165, 1.54) is 0 Å². The van der Waals surface area contributed by atoms with E-state index in [4.69, 9.17) is 9.47 Å². The van der Waals surface area contributed by atoms with Crippen LogP contribution in [-0.2, 0) is 9.59 Å². The van der Waals surface area contributed by atoms with Crippen LogP contribution in [0.15, 0.2) is 42.7 Å². The van der Waals surface area contributed by atoms with Crippen LogP contribution in [0.2, 0.25) is 0 Å². The van der Waals surface area contributed by atoms with Crippen molar-refractivity contribution in [2.75, 3.05) is 24.5 Å². The van der Waals surface area contributed by atoms with Crippen LogP contribution in [0.25, 0.3) is 0 Å². The van der Waals surface area contributed by atoms with Gasteiger partial charge in [0, 0.05) is 67.9 Å². The van der Waals surface area contributed by atoms with Crippen LogP contribution in [0.1, 0.15) is 128 Å². The number of piperidine rings is 2. The van der Waals surface area contributed by atoms with E-state index in [2.05, 4.69) is 78.0 Å². The van der Waals surface area contributed by atoms with Crippen LogP contribution < -0.4 is 25.0 Å². The van der Waals surface area contributed by atoms with Crippen molar-refractivity contribution in [3.8, 4) is 17.6 Å². The van der Waals surface area contributed by atoms with Crippen molar-refractivity contribution in [2.24, 2.45) is 16.7 Å². The Labute approximate surface area is 368 Å². The number of nitriles is 1. The van der Waals surface area contributed by atoms with Crippen LogP contribution in [0, 0.1) is 41.9 Å². The first kappa shape index (κ1) is 43.8. The number of anilines is 1. The van der Waals surface area contributed by atoms with E-state index in [1.54, 1.807) is 30.6 Å². The minimum absolute atomic E-state index is 0.0234.